The Morgan fingerprint density at radius 1 is 1.05 bits per heavy atom. The third-order valence-corrected chi connectivity index (χ3v) is 4.68. The molecule has 1 aromatic carbocycles. The molecule has 1 aliphatic heterocycles. The summed E-state index contributed by atoms with van der Waals surface area (Å²) in [4.78, 5) is 0. The van der Waals surface area contributed by atoms with Crippen molar-refractivity contribution < 1.29 is 13.2 Å². The normalized spacial score (nSPS) is 22.1. The standard InChI is InChI=1S/C17H20F3N/c18-17(19,20)14-7-4-6-13(12-14)15-8-5-11-21-16(15)9-2-1-3-10-16/h4,6-8,12,21H,1-3,5,9-11H2. The zero-order chi connectivity index (χ0) is 14.9. The first kappa shape index (κ1) is 14.6. The second-order valence-corrected chi connectivity index (χ2v) is 6.05. The Kier molecular flexibility index (Phi) is 3.82. The highest BCUT2D eigenvalue weighted by Gasteiger charge is 2.38. The van der Waals surface area contributed by atoms with Crippen LogP contribution in [0.4, 0.5) is 13.2 Å². The van der Waals surface area contributed by atoms with E-state index in [-0.39, 0.29) is 5.54 Å². The van der Waals surface area contributed by atoms with Crippen molar-refractivity contribution in [1.29, 1.82) is 0 Å². The van der Waals surface area contributed by atoms with E-state index >= 15 is 0 Å². The van der Waals surface area contributed by atoms with E-state index in [1.54, 1.807) is 0 Å². The number of nitrogens with one attached hydrogen (secondary N) is 1. The molecule has 1 aromatic rings. The number of benzene rings is 1. The van der Waals surface area contributed by atoms with E-state index in [4.69, 9.17) is 0 Å². The van der Waals surface area contributed by atoms with E-state index in [2.05, 4.69) is 11.4 Å². The van der Waals surface area contributed by atoms with Crippen molar-refractivity contribution >= 4 is 5.57 Å². The number of halogens is 3. The molecule has 4 heteroatoms. The van der Waals surface area contributed by atoms with Gasteiger partial charge in [-0.05, 0) is 49.1 Å². The Labute approximate surface area is 123 Å². The molecule has 1 fully saturated rings. The molecule has 1 N–H and O–H groups in total. The number of hydrogen-bond acceptors (Lipinski definition) is 1. The van der Waals surface area contributed by atoms with Gasteiger partial charge in [-0.3, -0.25) is 0 Å². The van der Waals surface area contributed by atoms with Gasteiger partial charge in [-0.2, -0.15) is 13.2 Å². The van der Waals surface area contributed by atoms with Gasteiger partial charge in [0.1, 0.15) is 0 Å². The summed E-state index contributed by atoms with van der Waals surface area (Å²) in [6.07, 6.45) is 4.29. The molecule has 114 valence electrons. The summed E-state index contributed by atoms with van der Waals surface area (Å²) >= 11 is 0. The smallest absolute Gasteiger partial charge is 0.307 e. The van der Waals surface area contributed by atoms with Crippen LogP contribution in [-0.4, -0.2) is 12.1 Å². The topological polar surface area (TPSA) is 12.0 Å². The summed E-state index contributed by atoms with van der Waals surface area (Å²) < 4.78 is 38.8. The van der Waals surface area contributed by atoms with Crippen molar-refractivity contribution in [2.24, 2.45) is 0 Å². The lowest BCUT2D eigenvalue weighted by molar-refractivity contribution is -0.137. The van der Waals surface area contributed by atoms with Crippen molar-refractivity contribution in [3.05, 3.63) is 41.5 Å². The Morgan fingerprint density at radius 2 is 1.81 bits per heavy atom. The molecular formula is C17H20F3N. The lowest BCUT2D eigenvalue weighted by Gasteiger charge is -2.43. The Balaban J connectivity index is 1.99. The minimum Gasteiger partial charge on any atom is -0.307 e. The highest BCUT2D eigenvalue weighted by Crippen LogP contribution is 2.42. The second kappa shape index (κ2) is 5.48. The molecule has 1 nitrogen and oxygen atoms in total. The van der Waals surface area contributed by atoms with Gasteiger partial charge in [0.2, 0.25) is 0 Å². The Hall–Kier alpha value is -1.29. The van der Waals surface area contributed by atoms with Gasteiger partial charge in [0.25, 0.3) is 0 Å². The molecule has 1 saturated carbocycles. The third-order valence-electron chi connectivity index (χ3n) is 4.68. The van der Waals surface area contributed by atoms with Crippen LogP contribution in [0.3, 0.4) is 0 Å². The van der Waals surface area contributed by atoms with Gasteiger partial charge in [0.15, 0.2) is 0 Å². The van der Waals surface area contributed by atoms with E-state index in [1.807, 2.05) is 6.07 Å². The molecule has 0 radical (unpaired) electrons. The molecule has 1 heterocycles. The maximum atomic E-state index is 12.9. The van der Waals surface area contributed by atoms with Gasteiger partial charge in [0.05, 0.1) is 5.56 Å². The first-order valence-corrected chi connectivity index (χ1v) is 7.65. The molecule has 0 amide bonds. The molecular weight excluding hydrogens is 275 g/mol. The van der Waals surface area contributed by atoms with Crippen LogP contribution in [0.5, 0.6) is 0 Å². The number of hydrogen-bond donors (Lipinski definition) is 1. The van der Waals surface area contributed by atoms with Crippen LogP contribution < -0.4 is 5.32 Å². The fourth-order valence-electron chi connectivity index (χ4n) is 3.68. The minimum atomic E-state index is -4.28. The van der Waals surface area contributed by atoms with Crippen LogP contribution in [0.1, 0.15) is 49.7 Å². The Morgan fingerprint density at radius 3 is 2.52 bits per heavy atom. The average molecular weight is 295 g/mol. The summed E-state index contributed by atoms with van der Waals surface area (Å²) in [5, 5.41) is 3.59. The zero-order valence-electron chi connectivity index (χ0n) is 12.0. The minimum absolute atomic E-state index is 0.110. The lowest BCUT2D eigenvalue weighted by Crippen LogP contribution is -2.50. The van der Waals surface area contributed by atoms with Crippen molar-refractivity contribution in [3.63, 3.8) is 0 Å². The predicted octanol–water partition coefficient (Wildman–Crippen LogP) is 4.79. The van der Waals surface area contributed by atoms with E-state index in [9.17, 15) is 13.2 Å². The average Bonchev–Trinajstić information content (AvgIpc) is 2.48. The van der Waals surface area contributed by atoms with Crippen molar-refractivity contribution in [2.45, 2.75) is 50.2 Å². The Bertz CT molecular complexity index is 539. The van der Waals surface area contributed by atoms with Gasteiger partial charge in [0, 0.05) is 5.54 Å². The third kappa shape index (κ3) is 2.86. The molecule has 21 heavy (non-hydrogen) atoms. The molecule has 1 aliphatic carbocycles. The first-order valence-electron chi connectivity index (χ1n) is 7.65. The van der Waals surface area contributed by atoms with Crippen LogP contribution >= 0.6 is 0 Å². The molecule has 0 bridgehead atoms. The molecule has 3 rings (SSSR count). The van der Waals surface area contributed by atoms with Gasteiger partial charge in [-0.25, -0.2) is 0 Å². The number of rotatable bonds is 1. The molecule has 0 unspecified atom stereocenters. The summed E-state index contributed by atoms with van der Waals surface area (Å²) in [5.74, 6) is 0. The van der Waals surface area contributed by atoms with Crippen LogP contribution in [0.15, 0.2) is 30.3 Å². The SMILES string of the molecule is FC(F)(F)c1cccc(C2=CCCNC23CCCCC3)c1. The highest BCUT2D eigenvalue weighted by molar-refractivity contribution is 5.74. The molecule has 0 aromatic heterocycles. The molecule has 2 aliphatic rings. The van der Waals surface area contributed by atoms with Gasteiger partial charge in [-0.15, -0.1) is 0 Å². The summed E-state index contributed by atoms with van der Waals surface area (Å²) in [5.41, 5.74) is 1.12. The molecule has 0 atom stereocenters. The largest absolute Gasteiger partial charge is 0.416 e. The van der Waals surface area contributed by atoms with Gasteiger partial charge >= 0.3 is 6.18 Å². The summed E-state index contributed by atoms with van der Waals surface area (Å²) in [6, 6.07) is 5.78. The fourth-order valence-corrected chi connectivity index (χ4v) is 3.68. The fraction of sp³-hybridized carbons (Fsp3) is 0.529. The van der Waals surface area contributed by atoms with E-state index < -0.39 is 11.7 Å². The van der Waals surface area contributed by atoms with Crippen molar-refractivity contribution in [2.75, 3.05) is 6.54 Å². The van der Waals surface area contributed by atoms with Crippen LogP contribution in [0, 0.1) is 0 Å². The molecule has 1 spiro atoms. The maximum Gasteiger partial charge on any atom is 0.416 e. The molecule has 0 saturated heterocycles. The van der Waals surface area contributed by atoms with E-state index in [1.165, 1.54) is 18.6 Å². The van der Waals surface area contributed by atoms with Crippen molar-refractivity contribution in [1.82, 2.24) is 5.32 Å². The van der Waals surface area contributed by atoms with Gasteiger partial charge < -0.3 is 5.32 Å². The highest BCUT2D eigenvalue weighted by atomic mass is 19.4. The van der Waals surface area contributed by atoms with Crippen LogP contribution in [0.2, 0.25) is 0 Å². The lowest BCUT2D eigenvalue weighted by atomic mass is 9.72. The summed E-state index contributed by atoms with van der Waals surface area (Å²) in [6.45, 7) is 0.919. The maximum absolute atomic E-state index is 12.9. The summed E-state index contributed by atoms with van der Waals surface area (Å²) in [7, 11) is 0. The quantitative estimate of drug-likeness (QED) is 0.786. The van der Waals surface area contributed by atoms with Crippen molar-refractivity contribution in [3.8, 4) is 0 Å². The van der Waals surface area contributed by atoms with Crippen LogP contribution in [-0.2, 0) is 6.18 Å². The van der Waals surface area contributed by atoms with Gasteiger partial charge in [-0.1, -0.05) is 37.5 Å². The first-order chi connectivity index (χ1) is 10.0. The predicted molar refractivity (Wildman–Crippen MR) is 77.9 cm³/mol. The van der Waals surface area contributed by atoms with Crippen LogP contribution in [0.25, 0.3) is 5.57 Å². The number of alkyl halides is 3. The second-order valence-electron chi connectivity index (χ2n) is 6.05. The van der Waals surface area contributed by atoms with E-state index in [0.29, 0.717) is 0 Å². The van der Waals surface area contributed by atoms with E-state index in [0.717, 1.165) is 55.9 Å². The monoisotopic (exact) mass is 295 g/mol. The zero-order valence-corrected chi connectivity index (χ0v) is 12.0.